The largest absolute Gasteiger partial charge is 0.478 e. The van der Waals surface area contributed by atoms with Gasteiger partial charge in [-0.1, -0.05) is 19.1 Å². The van der Waals surface area contributed by atoms with Crippen molar-refractivity contribution in [2.75, 3.05) is 4.90 Å². The van der Waals surface area contributed by atoms with Crippen molar-refractivity contribution >= 4 is 17.6 Å². The van der Waals surface area contributed by atoms with Gasteiger partial charge in [-0.15, -0.1) is 0 Å². The van der Waals surface area contributed by atoms with E-state index in [0.717, 1.165) is 22.9 Å². The number of aryl methyl sites for hydroxylation is 1. The zero-order valence-electron chi connectivity index (χ0n) is 17.3. The monoisotopic (exact) mass is 443 g/mol. The topological polar surface area (TPSA) is 86.3 Å². The van der Waals surface area contributed by atoms with Gasteiger partial charge in [0, 0.05) is 17.4 Å². The Morgan fingerprint density at radius 2 is 2.03 bits per heavy atom. The molecule has 0 fully saturated rings. The zero-order chi connectivity index (χ0) is 23.2. The Hall–Kier alpha value is -3.62. The highest BCUT2D eigenvalue weighted by molar-refractivity contribution is 6.11. The molecule has 1 amide bonds. The number of nitrogens with zero attached hydrogens (tertiary/aromatic N) is 2. The molecule has 1 aromatic heterocycles. The third-order valence-corrected chi connectivity index (χ3v) is 5.78. The molecule has 3 aromatic rings. The average Bonchev–Trinajstić information content (AvgIpc) is 3.29. The van der Waals surface area contributed by atoms with Gasteiger partial charge in [-0.3, -0.25) is 9.89 Å². The van der Waals surface area contributed by atoms with Crippen molar-refractivity contribution < 1.29 is 27.9 Å². The maximum atomic E-state index is 13.6. The van der Waals surface area contributed by atoms with Gasteiger partial charge in [0.05, 0.1) is 23.4 Å². The number of anilines is 1. The van der Waals surface area contributed by atoms with Crippen LogP contribution in [0.25, 0.3) is 0 Å². The fraction of sp³-hybridized carbons (Fsp3) is 0.261. The van der Waals surface area contributed by atoms with Crippen molar-refractivity contribution in [3.8, 4) is 0 Å². The van der Waals surface area contributed by atoms with E-state index in [1.807, 2.05) is 26.1 Å². The molecular formula is C23H20F3N3O3. The molecule has 1 aliphatic rings. The molecule has 0 saturated heterocycles. The molecule has 0 bridgehead atoms. The standard InChI is InChI=1S/C23H20F3N3O3/c1-12(6-20-13(2)10-27-28-20)14-4-3-5-16(7-14)29-11-18-17(21(29)30)8-15(22(31)32)9-19(18)23(24,25)26/h3-5,7-10,12H,6,11H2,1-2H3,(H,27,28)(H,31,32). The second kappa shape index (κ2) is 7.81. The van der Waals surface area contributed by atoms with Crippen LogP contribution < -0.4 is 4.90 Å². The number of halogens is 3. The predicted molar refractivity (Wildman–Crippen MR) is 111 cm³/mol. The fourth-order valence-corrected chi connectivity index (χ4v) is 3.99. The van der Waals surface area contributed by atoms with E-state index in [2.05, 4.69) is 10.2 Å². The Bertz CT molecular complexity index is 1220. The van der Waals surface area contributed by atoms with Crippen LogP contribution in [0.15, 0.2) is 42.6 Å². The number of fused-ring (bicyclic) bond motifs is 1. The number of aromatic nitrogens is 2. The molecule has 1 atom stereocenters. The van der Waals surface area contributed by atoms with Crippen molar-refractivity contribution in [1.82, 2.24) is 10.2 Å². The van der Waals surface area contributed by atoms with Gasteiger partial charge in [-0.2, -0.15) is 18.3 Å². The quantitative estimate of drug-likeness (QED) is 0.585. The smallest absolute Gasteiger partial charge is 0.416 e. The highest BCUT2D eigenvalue weighted by Gasteiger charge is 2.41. The molecule has 0 spiro atoms. The van der Waals surface area contributed by atoms with Crippen LogP contribution in [0.3, 0.4) is 0 Å². The summed E-state index contributed by atoms with van der Waals surface area (Å²) in [7, 11) is 0. The maximum Gasteiger partial charge on any atom is 0.416 e. The summed E-state index contributed by atoms with van der Waals surface area (Å²) in [6.45, 7) is 3.68. The molecule has 0 aliphatic carbocycles. The molecule has 4 rings (SSSR count). The lowest BCUT2D eigenvalue weighted by Gasteiger charge is -2.19. The van der Waals surface area contributed by atoms with Gasteiger partial charge in [-0.05, 0) is 60.2 Å². The van der Waals surface area contributed by atoms with Gasteiger partial charge < -0.3 is 10.0 Å². The molecular weight excluding hydrogens is 423 g/mol. The second-order valence-electron chi connectivity index (χ2n) is 7.96. The minimum absolute atomic E-state index is 0.0568. The van der Waals surface area contributed by atoms with E-state index in [9.17, 15) is 27.9 Å². The predicted octanol–water partition coefficient (Wildman–Crippen LogP) is 4.94. The van der Waals surface area contributed by atoms with Gasteiger partial charge in [0.1, 0.15) is 0 Å². The number of carboxylic acids is 1. The van der Waals surface area contributed by atoms with Crippen molar-refractivity contribution in [3.05, 3.63) is 81.7 Å². The Kier molecular flexibility index (Phi) is 5.28. The number of alkyl halides is 3. The minimum atomic E-state index is -4.77. The van der Waals surface area contributed by atoms with E-state index in [-0.39, 0.29) is 23.6 Å². The third-order valence-electron chi connectivity index (χ3n) is 5.78. The van der Waals surface area contributed by atoms with Crippen LogP contribution >= 0.6 is 0 Å². The fourth-order valence-electron chi connectivity index (χ4n) is 3.99. The number of rotatable bonds is 5. The highest BCUT2D eigenvalue weighted by Crippen LogP contribution is 2.40. The molecule has 166 valence electrons. The first-order valence-electron chi connectivity index (χ1n) is 9.94. The molecule has 9 heteroatoms. The lowest BCUT2D eigenvalue weighted by atomic mass is 9.94. The number of H-pyrrole nitrogens is 1. The Morgan fingerprint density at radius 3 is 2.66 bits per heavy atom. The number of carbonyl (C=O) groups excluding carboxylic acids is 1. The van der Waals surface area contributed by atoms with Crippen molar-refractivity contribution in [3.63, 3.8) is 0 Å². The third kappa shape index (κ3) is 3.86. The lowest BCUT2D eigenvalue weighted by Crippen LogP contribution is -2.23. The number of aromatic carboxylic acids is 1. The SMILES string of the molecule is Cc1c[nH]nc1CC(C)c1cccc(N2Cc3c(cc(C(=O)O)cc3C(F)(F)F)C2=O)c1. The Morgan fingerprint density at radius 1 is 1.28 bits per heavy atom. The van der Waals surface area contributed by atoms with E-state index >= 15 is 0 Å². The van der Waals surface area contributed by atoms with E-state index in [0.29, 0.717) is 18.2 Å². The first-order chi connectivity index (χ1) is 15.1. The molecule has 32 heavy (non-hydrogen) atoms. The average molecular weight is 443 g/mol. The highest BCUT2D eigenvalue weighted by atomic mass is 19.4. The molecule has 1 unspecified atom stereocenters. The molecule has 2 heterocycles. The van der Waals surface area contributed by atoms with Gasteiger partial charge in [0.15, 0.2) is 0 Å². The molecule has 6 nitrogen and oxygen atoms in total. The van der Waals surface area contributed by atoms with Crippen LogP contribution in [0, 0.1) is 6.92 Å². The molecule has 2 N–H and O–H groups in total. The first-order valence-corrected chi connectivity index (χ1v) is 9.94. The Balaban J connectivity index is 1.68. The summed E-state index contributed by atoms with van der Waals surface area (Å²) in [6, 6.07) is 8.69. The summed E-state index contributed by atoms with van der Waals surface area (Å²) in [5.41, 5.74) is 1.22. The van der Waals surface area contributed by atoms with Crippen molar-refractivity contribution in [2.24, 2.45) is 0 Å². The number of amides is 1. The number of carbonyl (C=O) groups is 2. The van der Waals surface area contributed by atoms with Gasteiger partial charge in [0.2, 0.25) is 0 Å². The number of hydrogen-bond donors (Lipinski definition) is 2. The maximum absolute atomic E-state index is 13.6. The second-order valence-corrected chi connectivity index (χ2v) is 7.96. The van der Waals surface area contributed by atoms with E-state index in [4.69, 9.17) is 0 Å². The minimum Gasteiger partial charge on any atom is -0.478 e. The number of carboxylic acid groups (broad SMARTS) is 1. The molecule has 0 radical (unpaired) electrons. The normalized spacial score (nSPS) is 14.5. The molecule has 0 saturated carbocycles. The number of aromatic amines is 1. The first kappa shape index (κ1) is 21.6. The summed E-state index contributed by atoms with van der Waals surface area (Å²) in [4.78, 5) is 25.5. The van der Waals surface area contributed by atoms with Gasteiger partial charge >= 0.3 is 12.1 Å². The van der Waals surface area contributed by atoms with Crippen LogP contribution in [0.5, 0.6) is 0 Å². The summed E-state index contributed by atoms with van der Waals surface area (Å²) in [6.07, 6.45) is -2.31. The van der Waals surface area contributed by atoms with Crippen LogP contribution in [-0.4, -0.2) is 27.2 Å². The summed E-state index contributed by atoms with van der Waals surface area (Å²) >= 11 is 0. The van der Waals surface area contributed by atoms with Crippen LogP contribution in [0.1, 0.15) is 61.5 Å². The van der Waals surface area contributed by atoms with Crippen LogP contribution in [0.2, 0.25) is 0 Å². The molecule has 2 aromatic carbocycles. The van der Waals surface area contributed by atoms with Crippen molar-refractivity contribution in [1.29, 1.82) is 0 Å². The van der Waals surface area contributed by atoms with Gasteiger partial charge in [0.25, 0.3) is 5.91 Å². The number of nitrogens with one attached hydrogen (secondary N) is 1. The summed E-state index contributed by atoms with van der Waals surface area (Å²) < 4.78 is 40.8. The van der Waals surface area contributed by atoms with E-state index in [1.165, 1.54) is 4.90 Å². The summed E-state index contributed by atoms with van der Waals surface area (Å²) in [5.74, 6) is -2.11. The summed E-state index contributed by atoms with van der Waals surface area (Å²) in [5, 5.41) is 16.2. The zero-order valence-corrected chi connectivity index (χ0v) is 17.3. The van der Waals surface area contributed by atoms with Crippen molar-refractivity contribution in [2.45, 2.75) is 38.9 Å². The van der Waals surface area contributed by atoms with Crippen LogP contribution in [0.4, 0.5) is 18.9 Å². The Labute approximate surface area is 181 Å². The van der Waals surface area contributed by atoms with E-state index < -0.39 is 29.2 Å². The van der Waals surface area contributed by atoms with Crippen LogP contribution in [-0.2, 0) is 19.1 Å². The lowest BCUT2D eigenvalue weighted by molar-refractivity contribution is -0.138. The van der Waals surface area contributed by atoms with Gasteiger partial charge in [-0.25, -0.2) is 4.79 Å². The van der Waals surface area contributed by atoms with E-state index in [1.54, 1.807) is 18.2 Å². The number of hydrogen-bond acceptors (Lipinski definition) is 3. The number of benzene rings is 2. The molecule has 1 aliphatic heterocycles.